The van der Waals surface area contributed by atoms with E-state index in [0.29, 0.717) is 0 Å². The zero-order valence-electron chi connectivity index (χ0n) is 33.4. The van der Waals surface area contributed by atoms with Crippen LogP contribution >= 0.6 is 0 Å². The molecule has 282 valence electrons. The average molecular weight is 771 g/mol. The van der Waals surface area contributed by atoms with Gasteiger partial charge in [0.25, 0.3) is 0 Å². The SMILES string of the molecule is c1ccc(C2(c3ccccc3)c3cc4cc(-c5c6ccccc6c(-c6ccc7ccccc7c6)c6ccccc56)ccc4cc3-c3c2c2ccccc2c2ccccc32)cc1. The first kappa shape index (κ1) is 34.1. The Kier molecular flexibility index (Phi) is 7.32. The summed E-state index contributed by atoms with van der Waals surface area (Å²) in [6, 6.07) is 86.3. The van der Waals surface area contributed by atoms with Gasteiger partial charge in [0.15, 0.2) is 0 Å². The van der Waals surface area contributed by atoms with Crippen molar-refractivity contribution in [2.24, 2.45) is 0 Å². The minimum absolute atomic E-state index is 0.554. The van der Waals surface area contributed by atoms with Crippen molar-refractivity contribution >= 4 is 64.6 Å². The van der Waals surface area contributed by atoms with Gasteiger partial charge in [0.1, 0.15) is 0 Å². The van der Waals surface area contributed by atoms with Crippen molar-refractivity contribution in [1.82, 2.24) is 0 Å². The number of rotatable bonds is 4. The Labute approximate surface area is 354 Å². The van der Waals surface area contributed by atoms with Crippen LogP contribution in [0.4, 0.5) is 0 Å². The van der Waals surface area contributed by atoms with E-state index in [2.05, 4.69) is 231 Å². The van der Waals surface area contributed by atoms with Gasteiger partial charge in [-0.15, -0.1) is 0 Å². The molecule has 0 heterocycles. The van der Waals surface area contributed by atoms with Crippen molar-refractivity contribution in [1.29, 1.82) is 0 Å². The van der Waals surface area contributed by atoms with Crippen molar-refractivity contribution in [3.05, 3.63) is 253 Å². The zero-order valence-corrected chi connectivity index (χ0v) is 33.4. The Morgan fingerprint density at radius 1 is 0.246 bits per heavy atom. The maximum atomic E-state index is 2.53. The molecule has 12 aromatic carbocycles. The van der Waals surface area contributed by atoms with Gasteiger partial charge in [-0.1, -0.05) is 206 Å². The molecule has 1 aliphatic rings. The molecule has 0 N–H and O–H groups in total. The molecule has 0 saturated heterocycles. The van der Waals surface area contributed by atoms with E-state index in [1.807, 2.05) is 0 Å². The minimum atomic E-state index is -0.554. The third kappa shape index (κ3) is 4.82. The predicted molar refractivity (Wildman–Crippen MR) is 260 cm³/mol. The molecule has 0 spiro atoms. The molecule has 0 atom stereocenters. The summed E-state index contributed by atoms with van der Waals surface area (Å²) in [6.07, 6.45) is 0. The van der Waals surface area contributed by atoms with Crippen molar-refractivity contribution in [3.63, 3.8) is 0 Å². The molecule has 13 rings (SSSR count). The maximum absolute atomic E-state index is 2.53. The maximum Gasteiger partial charge on any atom is 0.0720 e. The first-order valence-corrected chi connectivity index (χ1v) is 21.3. The summed E-state index contributed by atoms with van der Waals surface area (Å²) in [4.78, 5) is 0. The Bertz CT molecular complexity index is 3650. The Morgan fingerprint density at radius 2 is 0.639 bits per heavy atom. The number of fused-ring (bicyclic) bond motifs is 12. The topological polar surface area (TPSA) is 0 Å². The number of benzene rings is 12. The van der Waals surface area contributed by atoms with E-state index in [1.54, 1.807) is 0 Å². The van der Waals surface area contributed by atoms with Crippen LogP contribution in [0.3, 0.4) is 0 Å². The summed E-state index contributed by atoms with van der Waals surface area (Å²) in [6.45, 7) is 0. The van der Waals surface area contributed by atoms with E-state index in [0.717, 1.165) is 0 Å². The molecule has 61 heavy (non-hydrogen) atoms. The molecule has 0 unspecified atom stereocenters. The average Bonchev–Trinajstić information content (AvgIpc) is 3.63. The molecule has 0 saturated carbocycles. The van der Waals surface area contributed by atoms with Gasteiger partial charge in [-0.05, 0) is 145 Å². The van der Waals surface area contributed by atoms with Crippen LogP contribution < -0.4 is 0 Å². The smallest absolute Gasteiger partial charge is 0.0622 e. The second kappa shape index (κ2) is 13.1. The van der Waals surface area contributed by atoms with Crippen LogP contribution in [-0.2, 0) is 5.41 Å². The normalized spacial score (nSPS) is 13.0. The van der Waals surface area contributed by atoms with Gasteiger partial charge >= 0.3 is 0 Å². The van der Waals surface area contributed by atoms with Crippen LogP contribution in [0.15, 0.2) is 231 Å². The molecular weight excluding hydrogens is 733 g/mol. The van der Waals surface area contributed by atoms with Gasteiger partial charge in [0.05, 0.1) is 5.41 Å². The molecule has 0 bridgehead atoms. The van der Waals surface area contributed by atoms with Gasteiger partial charge in [-0.3, -0.25) is 0 Å². The fraction of sp³-hybridized carbons (Fsp3) is 0.0164. The largest absolute Gasteiger partial charge is 0.0720 e. The van der Waals surface area contributed by atoms with Gasteiger partial charge in [-0.2, -0.15) is 0 Å². The van der Waals surface area contributed by atoms with Gasteiger partial charge in [0, 0.05) is 0 Å². The van der Waals surface area contributed by atoms with Crippen molar-refractivity contribution < 1.29 is 0 Å². The van der Waals surface area contributed by atoms with Crippen LogP contribution in [0, 0.1) is 0 Å². The van der Waals surface area contributed by atoms with E-state index in [4.69, 9.17) is 0 Å². The van der Waals surface area contributed by atoms with E-state index in [-0.39, 0.29) is 0 Å². The summed E-state index contributed by atoms with van der Waals surface area (Å²) in [7, 11) is 0. The lowest BCUT2D eigenvalue weighted by atomic mass is 9.66. The van der Waals surface area contributed by atoms with Crippen LogP contribution in [0.2, 0.25) is 0 Å². The predicted octanol–water partition coefficient (Wildman–Crippen LogP) is 16.3. The first-order chi connectivity index (χ1) is 30.3. The van der Waals surface area contributed by atoms with Crippen molar-refractivity contribution in [3.8, 4) is 33.4 Å². The van der Waals surface area contributed by atoms with Crippen LogP contribution in [0.25, 0.3) is 98.0 Å². The molecule has 1 aliphatic carbocycles. The fourth-order valence-electron chi connectivity index (χ4n) is 11.2. The summed E-state index contributed by atoms with van der Waals surface area (Å²) < 4.78 is 0. The molecular formula is C61H38. The summed E-state index contributed by atoms with van der Waals surface area (Å²) >= 11 is 0. The molecule has 0 nitrogen and oxygen atoms in total. The van der Waals surface area contributed by atoms with Gasteiger partial charge in [0.2, 0.25) is 0 Å². The van der Waals surface area contributed by atoms with E-state index >= 15 is 0 Å². The molecule has 0 amide bonds. The highest BCUT2D eigenvalue weighted by Crippen LogP contribution is 2.61. The molecule has 12 aromatic rings. The molecule has 0 radical (unpaired) electrons. The Hall–Kier alpha value is -7.80. The lowest BCUT2D eigenvalue weighted by Crippen LogP contribution is -2.28. The second-order valence-corrected chi connectivity index (χ2v) is 16.7. The highest BCUT2D eigenvalue weighted by Gasteiger charge is 2.48. The molecule has 0 heteroatoms. The second-order valence-electron chi connectivity index (χ2n) is 16.7. The van der Waals surface area contributed by atoms with E-state index in [1.165, 1.54) is 120 Å². The van der Waals surface area contributed by atoms with Crippen LogP contribution in [0.1, 0.15) is 22.3 Å². The van der Waals surface area contributed by atoms with Crippen LogP contribution in [0.5, 0.6) is 0 Å². The van der Waals surface area contributed by atoms with Crippen molar-refractivity contribution in [2.75, 3.05) is 0 Å². The highest BCUT2D eigenvalue weighted by atomic mass is 14.5. The van der Waals surface area contributed by atoms with Gasteiger partial charge < -0.3 is 0 Å². The first-order valence-electron chi connectivity index (χ1n) is 21.3. The van der Waals surface area contributed by atoms with Crippen LogP contribution in [-0.4, -0.2) is 0 Å². The summed E-state index contributed by atoms with van der Waals surface area (Å²) in [5.41, 5.74) is 12.4. The highest BCUT2D eigenvalue weighted by molar-refractivity contribution is 6.23. The fourth-order valence-corrected chi connectivity index (χ4v) is 11.2. The molecule has 0 aromatic heterocycles. The molecule has 0 fully saturated rings. The summed E-state index contributed by atoms with van der Waals surface area (Å²) in [5, 5.41) is 15.2. The van der Waals surface area contributed by atoms with E-state index in [9.17, 15) is 0 Å². The monoisotopic (exact) mass is 770 g/mol. The Morgan fingerprint density at radius 3 is 1.20 bits per heavy atom. The third-order valence-electron chi connectivity index (χ3n) is 13.6. The standard InChI is InChI=1S/C61H38/c1-3-19-45(20-4-1)61(46-21-5-2-6-22-46)56-38-44-36-43(34-32-41(44)37-55(56)59-49-25-11-9-23-47(49)48-24-10-16-30-54(48)60(59)61)58-52-28-14-12-26-50(52)57(51-27-13-15-29-53(51)58)42-33-31-39-17-7-8-18-40(39)35-42/h1-38H. The van der Waals surface area contributed by atoms with E-state index < -0.39 is 5.41 Å². The zero-order chi connectivity index (χ0) is 40.1. The lowest BCUT2D eigenvalue weighted by Gasteiger charge is -2.35. The minimum Gasteiger partial charge on any atom is -0.0622 e. The lowest BCUT2D eigenvalue weighted by molar-refractivity contribution is 0.777. The molecule has 0 aliphatic heterocycles. The van der Waals surface area contributed by atoms with Crippen molar-refractivity contribution in [2.45, 2.75) is 5.41 Å². The third-order valence-corrected chi connectivity index (χ3v) is 13.6. The Balaban J connectivity index is 1.13. The number of hydrogen-bond donors (Lipinski definition) is 0. The number of hydrogen-bond acceptors (Lipinski definition) is 0. The quantitative estimate of drug-likeness (QED) is 0.123. The summed E-state index contributed by atoms with van der Waals surface area (Å²) in [5.74, 6) is 0. The van der Waals surface area contributed by atoms with Gasteiger partial charge in [-0.25, -0.2) is 0 Å².